The van der Waals surface area contributed by atoms with E-state index in [1.807, 2.05) is 0 Å². The average molecular weight is 385 g/mol. The molecule has 0 atom stereocenters. The predicted octanol–water partition coefficient (Wildman–Crippen LogP) is 2.03. The number of amides is 2. The van der Waals surface area contributed by atoms with Gasteiger partial charge in [-0.05, 0) is 24.3 Å². The molecule has 1 saturated heterocycles. The summed E-state index contributed by atoms with van der Waals surface area (Å²) in [5, 5.41) is 3.90. The Morgan fingerprint density at radius 3 is 2.46 bits per heavy atom. The van der Waals surface area contributed by atoms with Gasteiger partial charge >= 0.3 is 0 Å². The van der Waals surface area contributed by atoms with E-state index in [0.29, 0.717) is 49.2 Å². The third kappa shape index (κ3) is 3.99. The topological polar surface area (TPSA) is 102 Å². The van der Waals surface area contributed by atoms with E-state index in [4.69, 9.17) is 18.1 Å². The van der Waals surface area contributed by atoms with Crippen molar-refractivity contribution in [2.24, 2.45) is 0 Å². The minimum Gasteiger partial charge on any atom is -0.461 e. The van der Waals surface area contributed by atoms with Gasteiger partial charge in [0.15, 0.2) is 11.5 Å². The minimum absolute atomic E-state index is 0.0604. The Kier molecular flexibility index (Phi) is 5.24. The number of furan rings is 2. The molecule has 0 aliphatic carbocycles. The van der Waals surface area contributed by atoms with Gasteiger partial charge in [0.2, 0.25) is 11.7 Å². The van der Waals surface area contributed by atoms with Crippen LogP contribution in [0.5, 0.6) is 0 Å². The Morgan fingerprint density at radius 2 is 1.75 bits per heavy atom. The lowest BCUT2D eigenvalue weighted by molar-refractivity contribution is -0.138. The molecule has 146 valence electrons. The fourth-order valence-corrected chi connectivity index (χ4v) is 2.96. The first-order valence-electron chi connectivity index (χ1n) is 8.88. The Bertz CT molecular complexity index is 908. The van der Waals surface area contributed by atoms with Gasteiger partial charge in [-0.3, -0.25) is 9.59 Å². The van der Waals surface area contributed by atoms with Gasteiger partial charge in [0.1, 0.15) is 12.3 Å². The van der Waals surface area contributed by atoms with Crippen molar-refractivity contribution in [1.29, 1.82) is 0 Å². The number of piperazine rings is 1. The summed E-state index contributed by atoms with van der Waals surface area (Å²) in [5.41, 5.74) is 0.577. The zero-order valence-corrected chi connectivity index (χ0v) is 15.1. The maximum atomic E-state index is 12.3. The lowest BCUT2D eigenvalue weighted by atomic mass is 10.3. The van der Waals surface area contributed by atoms with E-state index in [1.54, 1.807) is 46.4 Å². The first-order valence-corrected chi connectivity index (χ1v) is 8.88. The molecule has 1 fully saturated rings. The number of carbonyl (C=O) groups is 2. The Hall–Kier alpha value is -3.33. The zero-order chi connectivity index (χ0) is 19.3. The van der Waals surface area contributed by atoms with E-state index < -0.39 is 0 Å². The zero-order valence-electron chi connectivity index (χ0n) is 15.1. The number of rotatable bonds is 6. The molecule has 0 radical (unpaired) electrons. The molecule has 0 bridgehead atoms. The quantitative estimate of drug-likeness (QED) is 0.640. The van der Waals surface area contributed by atoms with E-state index in [2.05, 4.69) is 5.16 Å². The number of aromatic nitrogens is 1. The smallest absolute Gasteiger partial charge is 0.289 e. The van der Waals surface area contributed by atoms with E-state index >= 15 is 0 Å². The van der Waals surface area contributed by atoms with E-state index in [-0.39, 0.29) is 25.0 Å². The van der Waals surface area contributed by atoms with Crippen LogP contribution < -0.4 is 0 Å². The first-order chi connectivity index (χ1) is 13.7. The lowest BCUT2D eigenvalue weighted by Gasteiger charge is -2.34. The third-order valence-electron chi connectivity index (χ3n) is 4.45. The number of ether oxygens (including phenoxy) is 1. The Balaban J connectivity index is 1.20. The highest BCUT2D eigenvalue weighted by Gasteiger charge is 2.26. The van der Waals surface area contributed by atoms with Crippen molar-refractivity contribution in [1.82, 2.24) is 15.0 Å². The molecule has 28 heavy (non-hydrogen) atoms. The molecule has 0 spiro atoms. The average Bonchev–Trinajstić information content (AvgIpc) is 3.49. The number of nitrogens with zero attached hydrogens (tertiary/aromatic N) is 3. The second-order valence-corrected chi connectivity index (χ2v) is 6.30. The molecule has 4 rings (SSSR count). The van der Waals surface area contributed by atoms with Crippen LogP contribution in [0.3, 0.4) is 0 Å². The predicted molar refractivity (Wildman–Crippen MR) is 95.1 cm³/mol. The molecule has 9 heteroatoms. The standard InChI is InChI=1S/C19H19N3O6/c23-18(13-25-12-14-11-17(28-20-14)15-3-1-9-26-15)21-5-7-22(8-6-21)19(24)16-4-2-10-27-16/h1-4,9-11H,5-8,12-13H2. The maximum Gasteiger partial charge on any atom is 0.289 e. The fraction of sp³-hybridized carbons (Fsp3) is 0.316. The molecule has 4 heterocycles. The summed E-state index contributed by atoms with van der Waals surface area (Å²) in [6.45, 7) is 1.94. The van der Waals surface area contributed by atoms with Gasteiger partial charge in [0.25, 0.3) is 5.91 Å². The van der Waals surface area contributed by atoms with Gasteiger partial charge < -0.3 is 27.9 Å². The van der Waals surface area contributed by atoms with E-state index in [9.17, 15) is 9.59 Å². The van der Waals surface area contributed by atoms with Crippen LogP contribution in [0.25, 0.3) is 11.5 Å². The maximum absolute atomic E-state index is 12.3. The largest absolute Gasteiger partial charge is 0.461 e. The van der Waals surface area contributed by atoms with Gasteiger partial charge in [-0.1, -0.05) is 5.16 Å². The van der Waals surface area contributed by atoms with Crippen LogP contribution in [0.1, 0.15) is 16.2 Å². The van der Waals surface area contributed by atoms with Crippen molar-refractivity contribution in [3.63, 3.8) is 0 Å². The summed E-state index contributed by atoms with van der Waals surface area (Å²) in [6, 6.07) is 8.55. The van der Waals surface area contributed by atoms with E-state index in [1.165, 1.54) is 6.26 Å². The van der Waals surface area contributed by atoms with Gasteiger partial charge in [0.05, 0.1) is 19.1 Å². The Labute approximate surface area is 160 Å². The van der Waals surface area contributed by atoms with Crippen LogP contribution in [0.4, 0.5) is 0 Å². The van der Waals surface area contributed by atoms with Gasteiger partial charge in [-0.25, -0.2) is 0 Å². The number of hydrogen-bond donors (Lipinski definition) is 0. The van der Waals surface area contributed by atoms with Crippen LogP contribution in [-0.2, 0) is 16.1 Å². The minimum atomic E-state index is -0.160. The Morgan fingerprint density at radius 1 is 1.00 bits per heavy atom. The van der Waals surface area contributed by atoms with Gasteiger partial charge in [-0.15, -0.1) is 0 Å². The molecule has 1 aliphatic rings. The van der Waals surface area contributed by atoms with Crippen molar-refractivity contribution in [3.05, 3.63) is 54.3 Å². The van der Waals surface area contributed by atoms with Crippen LogP contribution >= 0.6 is 0 Å². The van der Waals surface area contributed by atoms with Crippen molar-refractivity contribution < 1.29 is 27.7 Å². The molecule has 1 aliphatic heterocycles. The summed E-state index contributed by atoms with van der Waals surface area (Å²) in [6.07, 6.45) is 3.02. The number of hydrogen-bond acceptors (Lipinski definition) is 7. The number of carbonyl (C=O) groups excluding carboxylic acids is 2. The van der Waals surface area contributed by atoms with Crippen LogP contribution in [0, 0.1) is 0 Å². The second kappa shape index (κ2) is 8.13. The van der Waals surface area contributed by atoms with E-state index in [0.717, 1.165) is 0 Å². The first kappa shape index (κ1) is 18.1. The van der Waals surface area contributed by atoms with Gasteiger partial charge in [0, 0.05) is 32.2 Å². The molecule has 3 aromatic rings. The molecule has 0 aromatic carbocycles. The lowest BCUT2D eigenvalue weighted by Crippen LogP contribution is -2.51. The summed E-state index contributed by atoms with van der Waals surface area (Å²) >= 11 is 0. The fourth-order valence-electron chi connectivity index (χ4n) is 2.96. The monoisotopic (exact) mass is 385 g/mol. The highest BCUT2D eigenvalue weighted by molar-refractivity contribution is 5.91. The molecule has 2 amide bonds. The summed E-state index contributed by atoms with van der Waals surface area (Å²) < 4.78 is 21.0. The van der Waals surface area contributed by atoms with Crippen molar-refractivity contribution in [2.75, 3.05) is 32.8 Å². The molecule has 0 unspecified atom stereocenters. The van der Waals surface area contributed by atoms with Crippen molar-refractivity contribution >= 4 is 11.8 Å². The molecule has 3 aromatic heterocycles. The van der Waals surface area contributed by atoms with Gasteiger partial charge in [-0.2, -0.15) is 0 Å². The van der Waals surface area contributed by atoms with Crippen LogP contribution in [-0.4, -0.2) is 59.6 Å². The van der Waals surface area contributed by atoms with Crippen molar-refractivity contribution in [2.45, 2.75) is 6.61 Å². The van der Waals surface area contributed by atoms with Crippen LogP contribution in [0.15, 0.2) is 56.2 Å². The molecular formula is C19H19N3O6. The normalized spacial score (nSPS) is 14.4. The third-order valence-corrected chi connectivity index (χ3v) is 4.45. The van der Waals surface area contributed by atoms with Crippen LogP contribution in [0.2, 0.25) is 0 Å². The SMILES string of the molecule is O=C(COCc1cc(-c2ccco2)on1)N1CCN(C(=O)c2ccco2)CC1. The summed E-state index contributed by atoms with van der Waals surface area (Å²) in [4.78, 5) is 27.9. The summed E-state index contributed by atoms with van der Waals surface area (Å²) in [5.74, 6) is 1.11. The highest BCUT2D eigenvalue weighted by atomic mass is 16.5. The second-order valence-electron chi connectivity index (χ2n) is 6.30. The molecule has 0 saturated carbocycles. The molecular weight excluding hydrogens is 366 g/mol. The summed E-state index contributed by atoms with van der Waals surface area (Å²) in [7, 11) is 0. The van der Waals surface area contributed by atoms with Crippen molar-refractivity contribution in [3.8, 4) is 11.5 Å². The molecule has 9 nitrogen and oxygen atoms in total. The highest BCUT2D eigenvalue weighted by Crippen LogP contribution is 2.20. The molecule has 0 N–H and O–H groups in total.